The molecule has 0 fully saturated rings. The van der Waals surface area contributed by atoms with E-state index in [9.17, 15) is 0 Å². The Morgan fingerprint density at radius 1 is 1.15 bits per heavy atom. The van der Waals surface area contributed by atoms with Crippen molar-refractivity contribution in [2.45, 2.75) is 6.92 Å². The fourth-order valence-corrected chi connectivity index (χ4v) is 1.45. The summed E-state index contributed by atoms with van der Waals surface area (Å²) in [6.07, 6.45) is 0. The van der Waals surface area contributed by atoms with Gasteiger partial charge in [-0.15, -0.1) is 5.10 Å². The number of aromatic nitrogens is 3. The topological polar surface area (TPSA) is 30.7 Å². The van der Waals surface area contributed by atoms with Gasteiger partial charge in [0.05, 0.1) is 11.4 Å². The molecule has 3 heteroatoms. The molecular formula is C10H11N3. The third kappa shape index (κ3) is 1.33. The van der Waals surface area contributed by atoms with E-state index in [-0.39, 0.29) is 0 Å². The molecule has 13 heavy (non-hydrogen) atoms. The van der Waals surface area contributed by atoms with E-state index in [1.54, 1.807) is 4.68 Å². The van der Waals surface area contributed by atoms with Gasteiger partial charge in [0.1, 0.15) is 0 Å². The fraction of sp³-hybridized carbons (Fsp3) is 0.200. The first-order valence-corrected chi connectivity index (χ1v) is 4.21. The third-order valence-electron chi connectivity index (χ3n) is 2.04. The predicted molar refractivity (Wildman–Crippen MR) is 51.2 cm³/mol. The lowest BCUT2D eigenvalue weighted by molar-refractivity contribution is 0.719. The van der Waals surface area contributed by atoms with Crippen LogP contribution in [0.5, 0.6) is 0 Å². The molecule has 1 aromatic carbocycles. The summed E-state index contributed by atoms with van der Waals surface area (Å²) in [4.78, 5) is 0. The molecule has 0 amide bonds. The normalized spacial score (nSPS) is 10.3. The molecule has 0 unspecified atom stereocenters. The molecule has 2 aromatic rings. The van der Waals surface area contributed by atoms with Crippen molar-refractivity contribution in [2.75, 3.05) is 0 Å². The van der Waals surface area contributed by atoms with Crippen LogP contribution in [0.2, 0.25) is 0 Å². The summed E-state index contributed by atoms with van der Waals surface area (Å²) in [5.74, 6) is 0. The molecule has 0 aliphatic heterocycles. The molecule has 0 aliphatic rings. The molecule has 0 saturated carbocycles. The highest BCUT2D eigenvalue weighted by atomic mass is 15.4. The maximum Gasteiger partial charge on any atom is 0.0911 e. The Labute approximate surface area is 77.0 Å². The summed E-state index contributed by atoms with van der Waals surface area (Å²) in [6.45, 7) is 1.97. The van der Waals surface area contributed by atoms with Crippen LogP contribution in [0.1, 0.15) is 5.69 Å². The minimum atomic E-state index is 0.966. The first-order valence-electron chi connectivity index (χ1n) is 4.21. The number of aryl methyl sites for hydroxylation is 2. The van der Waals surface area contributed by atoms with E-state index in [1.807, 2.05) is 32.2 Å². The molecule has 1 heterocycles. The van der Waals surface area contributed by atoms with Crippen LogP contribution in [0.3, 0.4) is 0 Å². The zero-order chi connectivity index (χ0) is 9.26. The van der Waals surface area contributed by atoms with Crippen molar-refractivity contribution in [2.24, 2.45) is 7.05 Å². The van der Waals surface area contributed by atoms with Crippen LogP contribution in [0.4, 0.5) is 0 Å². The lowest BCUT2D eigenvalue weighted by atomic mass is 10.1. The van der Waals surface area contributed by atoms with Gasteiger partial charge in [-0.05, 0) is 6.92 Å². The van der Waals surface area contributed by atoms with E-state index in [1.165, 1.54) is 0 Å². The lowest BCUT2D eigenvalue weighted by Crippen LogP contribution is -1.93. The molecule has 3 nitrogen and oxygen atoms in total. The van der Waals surface area contributed by atoms with Crippen molar-refractivity contribution in [3.63, 3.8) is 0 Å². The number of nitrogens with zero attached hydrogens (tertiary/aromatic N) is 3. The predicted octanol–water partition coefficient (Wildman–Crippen LogP) is 1.79. The Kier molecular flexibility index (Phi) is 1.85. The molecule has 0 bridgehead atoms. The van der Waals surface area contributed by atoms with Crippen LogP contribution in [0.15, 0.2) is 30.3 Å². The van der Waals surface area contributed by atoms with Gasteiger partial charge in [-0.2, -0.15) is 0 Å². The monoisotopic (exact) mass is 173 g/mol. The minimum absolute atomic E-state index is 0.966. The molecule has 66 valence electrons. The van der Waals surface area contributed by atoms with Crippen molar-refractivity contribution in [3.8, 4) is 11.3 Å². The zero-order valence-corrected chi connectivity index (χ0v) is 7.73. The maximum absolute atomic E-state index is 4.01. The third-order valence-corrected chi connectivity index (χ3v) is 2.04. The van der Waals surface area contributed by atoms with Crippen LogP contribution in [0.25, 0.3) is 11.3 Å². The van der Waals surface area contributed by atoms with Gasteiger partial charge in [0.2, 0.25) is 0 Å². The molecule has 0 atom stereocenters. The first kappa shape index (κ1) is 7.98. The molecule has 0 N–H and O–H groups in total. The van der Waals surface area contributed by atoms with Gasteiger partial charge in [0.15, 0.2) is 0 Å². The Morgan fingerprint density at radius 3 is 2.38 bits per heavy atom. The van der Waals surface area contributed by atoms with Crippen LogP contribution in [0, 0.1) is 6.92 Å². The Morgan fingerprint density at radius 2 is 1.85 bits per heavy atom. The molecule has 0 aliphatic carbocycles. The molecule has 2 rings (SSSR count). The Balaban J connectivity index is 2.59. The zero-order valence-electron chi connectivity index (χ0n) is 7.73. The van der Waals surface area contributed by atoms with Crippen molar-refractivity contribution in [1.29, 1.82) is 0 Å². The van der Waals surface area contributed by atoms with E-state index >= 15 is 0 Å². The fourth-order valence-electron chi connectivity index (χ4n) is 1.45. The summed E-state index contributed by atoms with van der Waals surface area (Å²) in [6, 6.07) is 10.2. The second kappa shape index (κ2) is 3.01. The molecule has 1 aromatic heterocycles. The Hall–Kier alpha value is -1.64. The lowest BCUT2D eigenvalue weighted by Gasteiger charge is -2.00. The van der Waals surface area contributed by atoms with E-state index in [4.69, 9.17) is 0 Å². The summed E-state index contributed by atoms with van der Waals surface area (Å²) in [5, 5.41) is 7.96. The summed E-state index contributed by atoms with van der Waals surface area (Å²) < 4.78 is 1.80. The van der Waals surface area contributed by atoms with Crippen LogP contribution in [-0.4, -0.2) is 15.0 Å². The quantitative estimate of drug-likeness (QED) is 0.658. The minimum Gasteiger partial charge on any atom is -0.247 e. The molecule has 0 spiro atoms. The van der Waals surface area contributed by atoms with Crippen molar-refractivity contribution in [1.82, 2.24) is 15.0 Å². The smallest absolute Gasteiger partial charge is 0.0911 e. The van der Waals surface area contributed by atoms with E-state index in [2.05, 4.69) is 22.4 Å². The number of hydrogen-bond donors (Lipinski definition) is 0. The number of rotatable bonds is 1. The highest BCUT2D eigenvalue weighted by Gasteiger charge is 2.07. The summed E-state index contributed by atoms with van der Waals surface area (Å²) >= 11 is 0. The SMILES string of the molecule is Cc1nnn(C)c1-c1ccccc1. The Bertz CT molecular complexity index is 384. The average molecular weight is 173 g/mol. The second-order valence-corrected chi connectivity index (χ2v) is 3.01. The highest BCUT2D eigenvalue weighted by Crippen LogP contribution is 2.19. The van der Waals surface area contributed by atoms with Gasteiger partial charge in [-0.3, -0.25) is 0 Å². The van der Waals surface area contributed by atoms with Crippen molar-refractivity contribution < 1.29 is 0 Å². The van der Waals surface area contributed by atoms with Gasteiger partial charge >= 0.3 is 0 Å². The van der Waals surface area contributed by atoms with Crippen molar-refractivity contribution in [3.05, 3.63) is 36.0 Å². The molecule has 0 saturated heterocycles. The summed E-state index contributed by atoms with van der Waals surface area (Å²) in [7, 11) is 1.91. The van der Waals surface area contributed by atoms with Gasteiger partial charge in [0, 0.05) is 12.6 Å². The van der Waals surface area contributed by atoms with E-state index < -0.39 is 0 Å². The van der Waals surface area contributed by atoms with E-state index in [0.717, 1.165) is 17.0 Å². The number of hydrogen-bond acceptors (Lipinski definition) is 2. The van der Waals surface area contributed by atoms with Crippen molar-refractivity contribution >= 4 is 0 Å². The maximum atomic E-state index is 4.01. The van der Waals surface area contributed by atoms with Crippen LogP contribution in [-0.2, 0) is 7.05 Å². The van der Waals surface area contributed by atoms with Gasteiger partial charge in [-0.25, -0.2) is 4.68 Å². The largest absolute Gasteiger partial charge is 0.247 e. The van der Waals surface area contributed by atoms with Crippen LogP contribution < -0.4 is 0 Å². The average Bonchev–Trinajstić information content (AvgIpc) is 2.48. The summed E-state index contributed by atoms with van der Waals surface area (Å²) in [5.41, 5.74) is 3.21. The molecular weight excluding hydrogens is 162 g/mol. The van der Waals surface area contributed by atoms with E-state index in [0.29, 0.717) is 0 Å². The first-order chi connectivity index (χ1) is 6.29. The van der Waals surface area contributed by atoms with Gasteiger partial charge in [0.25, 0.3) is 0 Å². The standard InChI is InChI=1S/C10H11N3/c1-8-10(13(2)12-11-8)9-6-4-3-5-7-9/h3-7H,1-2H3. The van der Waals surface area contributed by atoms with Gasteiger partial charge < -0.3 is 0 Å². The highest BCUT2D eigenvalue weighted by molar-refractivity contribution is 5.61. The molecule has 0 radical (unpaired) electrons. The van der Waals surface area contributed by atoms with Crippen LogP contribution >= 0.6 is 0 Å². The van der Waals surface area contributed by atoms with Gasteiger partial charge in [-0.1, -0.05) is 35.5 Å². The second-order valence-electron chi connectivity index (χ2n) is 3.01. The number of benzene rings is 1.